The van der Waals surface area contributed by atoms with E-state index < -0.39 is 4.92 Å². The van der Waals surface area contributed by atoms with Gasteiger partial charge in [-0.3, -0.25) is 14.9 Å². The zero-order valence-corrected chi connectivity index (χ0v) is 11.7. The molecule has 0 atom stereocenters. The number of fused-ring (bicyclic) bond motifs is 1. The van der Waals surface area contributed by atoms with Gasteiger partial charge in [-0.05, 0) is 36.5 Å². The molecule has 0 radical (unpaired) electrons. The molecule has 1 aliphatic rings. The topological polar surface area (TPSA) is 60.2 Å². The van der Waals surface area contributed by atoms with Crippen LogP contribution in [-0.4, -0.2) is 10.7 Å². The summed E-state index contributed by atoms with van der Waals surface area (Å²) in [6.07, 6.45) is 1.44. The number of rotatable bonds is 3. The van der Waals surface area contributed by atoms with Gasteiger partial charge in [-0.2, -0.15) is 0 Å². The molecule has 0 spiro atoms. The molecule has 0 saturated carbocycles. The summed E-state index contributed by atoms with van der Waals surface area (Å²) in [5, 5.41) is 10.9. The highest BCUT2D eigenvalue weighted by atomic mass is 16.6. The molecule has 21 heavy (non-hydrogen) atoms. The fraction of sp³-hybridized carbons (Fsp3) is 0.235. The number of Topliss-reactive ketones (excluding diaryl/α,β-unsaturated/α-hetero) is 1. The average molecular weight is 281 g/mol. The van der Waals surface area contributed by atoms with E-state index in [4.69, 9.17) is 0 Å². The van der Waals surface area contributed by atoms with Crippen molar-refractivity contribution in [2.45, 2.75) is 19.8 Å². The molecule has 106 valence electrons. The van der Waals surface area contributed by atoms with E-state index in [1.54, 1.807) is 6.07 Å². The molecule has 1 aliphatic carbocycles. The quantitative estimate of drug-likeness (QED) is 0.491. The van der Waals surface area contributed by atoms with Crippen molar-refractivity contribution in [3.8, 4) is 0 Å². The molecule has 0 aromatic heterocycles. The highest BCUT2D eigenvalue weighted by molar-refractivity contribution is 6.00. The van der Waals surface area contributed by atoms with Crippen molar-refractivity contribution < 1.29 is 9.72 Å². The van der Waals surface area contributed by atoms with Crippen LogP contribution in [0.2, 0.25) is 0 Å². The molecule has 3 rings (SSSR count). The Labute approximate surface area is 122 Å². The maximum absolute atomic E-state index is 12.7. The van der Waals surface area contributed by atoms with Gasteiger partial charge in [-0.15, -0.1) is 0 Å². The standard InChI is InChI=1S/C17H15NO3/c1-11-6-7-15(18(20)21)10-16(11)17(19)14-8-12-4-2-3-5-13(12)9-14/h2-7,10,14H,8-9H2,1H3. The van der Waals surface area contributed by atoms with E-state index in [0.29, 0.717) is 5.56 Å². The second kappa shape index (κ2) is 5.13. The largest absolute Gasteiger partial charge is 0.294 e. The van der Waals surface area contributed by atoms with E-state index in [-0.39, 0.29) is 17.4 Å². The number of carbonyl (C=O) groups is 1. The third-order valence-corrected chi connectivity index (χ3v) is 4.12. The van der Waals surface area contributed by atoms with E-state index in [9.17, 15) is 14.9 Å². The summed E-state index contributed by atoms with van der Waals surface area (Å²) in [6, 6.07) is 12.5. The summed E-state index contributed by atoms with van der Waals surface area (Å²) in [6.45, 7) is 1.82. The molecule has 4 nitrogen and oxygen atoms in total. The zero-order valence-electron chi connectivity index (χ0n) is 11.7. The third kappa shape index (κ3) is 2.44. The van der Waals surface area contributed by atoms with Crippen LogP contribution in [0.5, 0.6) is 0 Å². The van der Waals surface area contributed by atoms with Crippen molar-refractivity contribution in [1.29, 1.82) is 0 Å². The number of ketones is 1. The van der Waals surface area contributed by atoms with Crippen LogP contribution in [0.3, 0.4) is 0 Å². The first kappa shape index (κ1) is 13.5. The lowest BCUT2D eigenvalue weighted by Gasteiger charge is -2.10. The molecule has 0 unspecified atom stereocenters. The van der Waals surface area contributed by atoms with Crippen LogP contribution >= 0.6 is 0 Å². The van der Waals surface area contributed by atoms with Gasteiger partial charge in [-0.25, -0.2) is 0 Å². The lowest BCUT2D eigenvalue weighted by atomic mass is 9.92. The number of aryl methyl sites for hydroxylation is 1. The van der Waals surface area contributed by atoms with Crippen LogP contribution in [0.1, 0.15) is 27.0 Å². The molecule has 0 heterocycles. The van der Waals surface area contributed by atoms with E-state index in [0.717, 1.165) is 18.4 Å². The Kier molecular flexibility index (Phi) is 3.29. The van der Waals surface area contributed by atoms with E-state index in [1.807, 2.05) is 31.2 Å². The lowest BCUT2D eigenvalue weighted by molar-refractivity contribution is -0.384. The Morgan fingerprint density at radius 1 is 1.14 bits per heavy atom. The Hall–Kier alpha value is -2.49. The highest BCUT2D eigenvalue weighted by Gasteiger charge is 2.29. The van der Waals surface area contributed by atoms with Gasteiger partial charge in [0.25, 0.3) is 5.69 Å². The van der Waals surface area contributed by atoms with Crippen LogP contribution in [0, 0.1) is 23.0 Å². The summed E-state index contributed by atoms with van der Waals surface area (Å²) in [4.78, 5) is 23.1. The number of hydrogen-bond acceptors (Lipinski definition) is 3. The Morgan fingerprint density at radius 3 is 2.33 bits per heavy atom. The summed E-state index contributed by atoms with van der Waals surface area (Å²) in [5.74, 6) is -0.101. The van der Waals surface area contributed by atoms with Crippen molar-refractivity contribution in [3.05, 3.63) is 74.8 Å². The molecule has 0 fully saturated rings. The molecule has 0 amide bonds. The second-order valence-corrected chi connectivity index (χ2v) is 5.49. The normalized spacial score (nSPS) is 14.0. The predicted octanol–water partition coefficient (Wildman–Crippen LogP) is 3.50. The minimum atomic E-state index is -0.459. The minimum absolute atomic E-state index is 0.00685. The van der Waals surface area contributed by atoms with E-state index in [2.05, 4.69) is 0 Å². The van der Waals surface area contributed by atoms with Gasteiger partial charge in [0.2, 0.25) is 0 Å². The molecular formula is C17H15NO3. The average Bonchev–Trinajstić information content (AvgIpc) is 2.90. The van der Waals surface area contributed by atoms with Crippen LogP contribution in [0.25, 0.3) is 0 Å². The number of nitro groups is 1. The molecule has 0 bridgehead atoms. The Morgan fingerprint density at radius 2 is 1.76 bits per heavy atom. The molecular weight excluding hydrogens is 266 g/mol. The van der Waals surface area contributed by atoms with Gasteiger partial charge in [0.15, 0.2) is 5.78 Å². The van der Waals surface area contributed by atoms with Gasteiger partial charge >= 0.3 is 0 Å². The predicted molar refractivity (Wildman–Crippen MR) is 79.5 cm³/mol. The first-order valence-corrected chi connectivity index (χ1v) is 6.92. The van der Waals surface area contributed by atoms with Crippen LogP contribution in [-0.2, 0) is 12.8 Å². The number of nitro benzene ring substituents is 1. The second-order valence-electron chi connectivity index (χ2n) is 5.49. The van der Waals surface area contributed by atoms with Crippen LogP contribution in [0.15, 0.2) is 42.5 Å². The van der Waals surface area contributed by atoms with Gasteiger partial charge in [-0.1, -0.05) is 30.3 Å². The molecule has 2 aromatic rings. The first-order chi connectivity index (χ1) is 10.1. The summed E-state index contributed by atoms with van der Waals surface area (Å²) < 4.78 is 0. The first-order valence-electron chi connectivity index (χ1n) is 6.92. The molecule has 0 saturated heterocycles. The number of hydrogen-bond donors (Lipinski definition) is 0. The monoisotopic (exact) mass is 281 g/mol. The van der Waals surface area contributed by atoms with Gasteiger partial charge in [0.1, 0.15) is 0 Å². The fourth-order valence-corrected chi connectivity index (χ4v) is 2.95. The minimum Gasteiger partial charge on any atom is -0.294 e. The van der Waals surface area contributed by atoms with Crippen molar-refractivity contribution in [3.63, 3.8) is 0 Å². The fourth-order valence-electron chi connectivity index (χ4n) is 2.95. The van der Waals surface area contributed by atoms with Crippen molar-refractivity contribution in [1.82, 2.24) is 0 Å². The van der Waals surface area contributed by atoms with Crippen LogP contribution in [0.4, 0.5) is 5.69 Å². The SMILES string of the molecule is Cc1ccc([N+](=O)[O-])cc1C(=O)C1Cc2ccccc2C1. The molecule has 2 aromatic carbocycles. The Balaban J connectivity index is 1.90. The van der Waals surface area contributed by atoms with E-state index in [1.165, 1.54) is 23.3 Å². The van der Waals surface area contributed by atoms with Crippen molar-refractivity contribution in [2.75, 3.05) is 0 Å². The van der Waals surface area contributed by atoms with Gasteiger partial charge < -0.3 is 0 Å². The number of nitrogens with zero attached hydrogens (tertiary/aromatic N) is 1. The lowest BCUT2D eigenvalue weighted by Crippen LogP contribution is -2.16. The van der Waals surface area contributed by atoms with Gasteiger partial charge in [0, 0.05) is 23.6 Å². The maximum atomic E-state index is 12.7. The Bertz CT molecular complexity index is 712. The molecule has 0 aliphatic heterocycles. The summed E-state index contributed by atoms with van der Waals surface area (Å²) in [5.41, 5.74) is 3.65. The zero-order chi connectivity index (χ0) is 15.0. The molecule has 0 N–H and O–H groups in total. The smallest absolute Gasteiger partial charge is 0.270 e. The number of carbonyl (C=O) groups excluding carboxylic acids is 1. The summed E-state index contributed by atoms with van der Waals surface area (Å²) >= 11 is 0. The highest BCUT2D eigenvalue weighted by Crippen LogP contribution is 2.30. The van der Waals surface area contributed by atoms with Crippen molar-refractivity contribution in [2.24, 2.45) is 5.92 Å². The number of benzene rings is 2. The maximum Gasteiger partial charge on any atom is 0.270 e. The van der Waals surface area contributed by atoms with E-state index >= 15 is 0 Å². The van der Waals surface area contributed by atoms with Crippen molar-refractivity contribution >= 4 is 11.5 Å². The van der Waals surface area contributed by atoms with Crippen LogP contribution < -0.4 is 0 Å². The third-order valence-electron chi connectivity index (χ3n) is 4.12. The molecule has 4 heteroatoms. The van der Waals surface area contributed by atoms with Gasteiger partial charge in [0.05, 0.1) is 4.92 Å². The summed E-state index contributed by atoms with van der Waals surface area (Å²) in [7, 11) is 0. The number of non-ortho nitro benzene ring substituents is 1.